The fourth-order valence-corrected chi connectivity index (χ4v) is 2.38. The average molecular weight is 290 g/mol. The van der Waals surface area contributed by atoms with Gasteiger partial charge in [-0.25, -0.2) is 0 Å². The topological polar surface area (TPSA) is 32.3 Å². The van der Waals surface area contributed by atoms with E-state index < -0.39 is 0 Å². The van der Waals surface area contributed by atoms with E-state index in [0.29, 0.717) is 12.3 Å². The van der Waals surface area contributed by atoms with Crippen LogP contribution in [0.2, 0.25) is 0 Å². The van der Waals surface area contributed by atoms with Gasteiger partial charge in [-0.05, 0) is 44.0 Å². The molecule has 0 fully saturated rings. The summed E-state index contributed by atoms with van der Waals surface area (Å²) in [6.07, 6.45) is 2.93. The number of anilines is 1. The average Bonchev–Trinajstić information content (AvgIpc) is 2.44. The molecule has 0 saturated carbocycles. The highest BCUT2D eigenvalue weighted by molar-refractivity contribution is 5.92. The Hall–Kier alpha value is -1.35. The normalized spacial score (nSPS) is 11.2. The molecular weight excluding hydrogens is 260 g/mol. The van der Waals surface area contributed by atoms with Crippen LogP contribution in [-0.4, -0.2) is 30.9 Å². The molecule has 0 bridgehead atoms. The number of amides is 1. The molecule has 1 amide bonds. The van der Waals surface area contributed by atoms with Crippen LogP contribution in [0.3, 0.4) is 0 Å². The van der Waals surface area contributed by atoms with Gasteiger partial charge in [-0.1, -0.05) is 45.4 Å². The highest BCUT2D eigenvalue weighted by atomic mass is 16.1. The van der Waals surface area contributed by atoms with Crippen LogP contribution in [0.4, 0.5) is 5.69 Å². The first kappa shape index (κ1) is 17.7. The van der Waals surface area contributed by atoms with Gasteiger partial charge in [0.1, 0.15) is 0 Å². The van der Waals surface area contributed by atoms with Crippen molar-refractivity contribution in [2.45, 2.75) is 52.9 Å². The summed E-state index contributed by atoms with van der Waals surface area (Å²) in [6.45, 7) is 10.4. The van der Waals surface area contributed by atoms with Crippen molar-refractivity contribution < 1.29 is 4.79 Å². The van der Waals surface area contributed by atoms with Gasteiger partial charge < -0.3 is 10.2 Å². The summed E-state index contributed by atoms with van der Waals surface area (Å²) in [7, 11) is 2.08. The standard InChI is InChI=1S/C18H30N2O/c1-6-7-12-20(5)13-11-17(21)19-18-15(4)9-8-10-16(18)14(2)3/h8-10,14H,6-7,11-13H2,1-5H3,(H,19,21). The smallest absolute Gasteiger partial charge is 0.225 e. The molecule has 0 atom stereocenters. The number of benzene rings is 1. The van der Waals surface area contributed by atoms with Crippen molar-refractivity contribution in [1.29, 1.82) is 0 Å². The van der Waals surface area contributed by atoms with Crippen molar-refractivity contribution >= 4 is 11.6 Å². The second kappa shape index (κ2) is 8.83. The Morgan fingerprint density at radius 3 is 2.62 bits per heavy atom. The number of rotatable bonds is 8. The summed E-state index contributed by atoms with van der Waals surface area (Å²) in [5.41, 5.74) is 3.34. The molecule has 3 nitrogen and oxygen atoms in total. The Balaban J connectivity index is 2.59. The van der Waals surface area contributed by atoms with Gasteiger partial charge in [0.2, 0.25) is 5.91 Å². The number of carbonyl (C=O) groups is 1. The summed E-state index contributed by atoms with van der Waals surface area (Å²) >= 11 is 0. The van der Waals surface area contributed by atoms with E-state index in [1.54, 1.807) is 0 Å². The predicted octanol–water partition coefficient (Wildman–Crippen LogP) is 4.18. The molecule has 0 saturated heterocycles. The molecule has 1 aromatic rings. The van der Waals surface area contributed by atoms with Crippen LogP contribution in [0.25, 0.3) is 0 Å². The first-order valence-corrected chi connectivity index (χ1v) is 8.03. The summed E-state index contributed by atoms with van der Waals surface area (Å²) in [5.74, 6) is 0.516. The minimum absolute atomic E-state index is 0.106. The molecule has 3 heteroatoms. The van der Waals surface area contributed by atoms with Crippen molar-refractivity contribution in [3.63, 3.8) is 0 Å². The van der Waals surface area contributed by atoms with E-state index in [4.69, 9.17) is 0 Å². The van der Waals surface area contributed by atoms with Crippen LogP contribution < -0.4 is 5.32 Å². The number of nitrogens with one attached hydrogen (secondary N) is 1. The van der Waals surface area contributed by atoms with Crippen molar-refractivity contribution in [2.75, 3.05) is 25.5 Å². The second-order valence-electron chi connectivity index (χ2n) is 6.15. The zero-order chi connectivity index (χ0) is 15.8. The molecule has 118 valence electrons. The summed E-state index contributed by atoms with van der Waals surface area (Å²) in [6, 6.07) is 6.20. The van der Waals surface area contributed by atoms with Gasteiger partial charge in [-0.15, -0.1) is 0 Å². The predicted molar refractivity (Wildman–Crippen MR) is 90.9 cm³/mol. The van der Waals surface area contributed by atoms with E-state index in [-0.39, 0.29) is 5.91 Å². The molecule has 1 aromatic carbocycles. The SMILES string of the molecule is CCCCN(C)CCC(=O)Nc1c(C)cccc1C(C)C. The van der Waals surface area contributed by atoms with Gasteiger partial charge in [0.25, 0.3) is 0 Å². The van der Waals surface area contributed by atoms with E-state index in [2.05, 4.69) is 63.2 Å². The minimum atomic E-state index is 0.106. The number of unbranched alkanes of at least 4 members (excludes halogenated alkanes) is 1. The van der Waals surface area contributed by atoms with E-state index in [1.165, 1.54) is 18.4 Å². The zero-order valence-electron chi connectivity index (χ0n) is 14.2. The summed E-state index contributed by atoms with van der Waals surface area (Å²) in [4.78, 5) is 14.4. The Labute approximate surface area is 129 Å². The molecule has 1 N–H and O–H groups in total. The molecule has 0 spiro atoms. The van der Waals surface area contributed by atoms with E-state index >= 15 is 0 Å². The van der Waals surface area contributed by atoms with Gasteiger partial charge in [0.15, 0.2) is 0 Å². The third-order valence-electron chi connectivity index (χ3n) is 3.81. The lowest BCUT2D eigenvalue weighted by Gasteiger charge is -2.18. The minimum Gasteiger partial charge on any atom is -0.326 e. The summed E-state index contributed by atoms with van der Waals surface area (Å²) in [5, 5.41) is 3.11. The number of para-hydroxylation sites is 1. The van der Waals surface area contributed by atoms with E-state index in [1.807, 2.05) is 0 Å². The number of carbonyl (C=O) groups excluding carboxylic acids is 1. The van der Waals surface area contributed by atoms with Gasteiger partial charge in [-0.3, -0.25) is 4.79 Å². The maximum atomic E-state index is 12.2. The van der Waals surface area contributed by atoms with Crippen molar-refractivity contribution in [3.8, 4) is 0 Å². The molecular formula is C18H30N2O. The number of hydrogen-bond acceptors (Lipinski definition) is 2. The van der Waals surface area contributed by atoms with E-state index in [0.717, 1.165) is 24.3 Å². The monoisotopic (exact) mass is 290 g/mol. The first-order chi connectivity index (χ1) is 9.95. The lowest BCUT2D eigenvalue weighted by Crippen LogP contribution is -2.25. The van der Waals surface area contributed by atoms with Crippen LogP contribution in [0.15, 0.2) is 18.2 Å². The lowest BCUT2D eigenvalue weighted by atomic mass is 9.98. The number of aryl methyl sites for hydroxylation is 1. The van der Waals surface area contributed by atoms with Crippen LogP contribution in [0.5, 0.6) is 0 Å². The molecule has 1 rings (SSSR count). The third kappa shape index (κ3) is 5.88. The fraction of sp³-hybridized carbons (Fsp3) is 0.611. The Kier molecular flexibility index (Phi) is 7.44. The van der Waals surface area contributed by atoms with Gasteiger partial charge in [-0.2, -0.15) is 0 Å². The van der Waals surface area contributed by atoms with Gasteiger partial charge in [0.05, 0.1) is 0 Å². The zero-order valence-corrected chi connectivity index (χ0v) is 14.2. The molecule has 0 aliphatic rings. The third-order valence-corrected chi connectivity index (χ3v) is 3.81. The van der Waals surface area contributed by atoms with Crippen molar-refractivity contribution in [2.24, 2.45) is 0 Å². The molecule has 0 unspecified atom stereocenters. The van der Waals surface area contributed by atoms with Gasteiger partial charge >= 0.3 is 0 Å². The second-order valence-corrected chi connectivity index (χ2v) is 6.15. The first-order valence-electron chi connectivity index (χ1n) is 8.03. The Morgan fingerprint density at radius 2 is 2.00 bits per heavy atom. The number of hydrogen-bond donors (Lipinski definition) is 1. The van der Waals surface area contributed by atoms with Crippen molar-refractivity contribution in [1.82, 2.24) is 4.90 Å². The van der Waals surface area contributed by atoms with Gasteiger partial charge in [0, 0.05) is 18.7 Å². The Bertz CT molecular complexity index is 455. The Morgan fingerprint density at radius 1 is 1.29 bits per heavy atom. The van der Waals surface area contributed by atoms with E-state index in [9.17, 15) is 4.79 Å². The quantitative estimate of drug-likeness (QED) is 0.779. The molecule has 0 aliphatic heterocycles. The van der Waals surface area contributed by atoms with Crippen LogP contribution in [0.1, 0.15) is 57.1 Å². The van der Waals surface area contributed by atoms with Crippen LogP contribution >= 0.6 is 0 Å². The largest absolute Gasteiger partial charge is 0.326 e. The number of nitrogens with zero attached hydrogens (tertiary/aromatic N) is 1. The highest BCUT2D eigenvalue weighted by Gasteiger charge is 2.12. The lowest BCUT2D eigenvalue weighted by molar-refractivity contribution is -0.116. The highest BCUT2D eigenvalue weighted by Crippen LogP contribution is 2.27. The van der Waals surface area contributed by atoms with Crippen molar-refractivity contribution in [3.05, 3.63) is 29.3 Å². The van der Waals surface area contributed by atoms with Crippen LogP contribution in [0, 0.1) is 6.92 Å². The molecule has 0 radical (unpaired) electrons. The molecule has 0 aliphatic carbocycles. The fourth-order valence-electron chi connectivity index (χ4n) is 2.38. The molecule has 0 heterocycles. The maximum Gasteiger partial charge on any atom is 0.225 e. The molecule has 0 aromatic heterocycles. The van der Waals surface area contributed by atoms with Crippen LogP contribution in [-0.2, 0) is 4.79 Å². The summed E-state index contributed by atoms with van der Waals surface area (Å²) < 4.78 is 0. The maximum absolute atomic E-state index is 12.2. The molecule has 21 heavy (non-hydrogen) atoms.